The second-order valence-corrected chi connectivity index (χ2v) is 4.74. The summed E-state index contributed by atoms with van der Waals surface area (Å²) in [5.74, 6) is 1.76. The Bertz CT molecular complexity index is 326. The van der Waals surface area contributed by atoms with Crippen molar-refractivity contribution >= 4 is 11.6 Å². The fourth-order valence-corrected chi connectivity index (χ4v) is 2.65. The van der Waals surface area contributed by atoms with Gasteiger partial charge in [-0.2, -0.15) is 0 Å². The van der Waals surface area contributed by atoms with Crippen molar-refractivity contribution in [3.8, 4) is 5.75 Å². The third-order valence-electron chi connectivity index (χ3n) is 3.46. The molecule has 82 valence electrons. The van der Waals surface area contributed by atoms with Crippen molar-refractivity contribution in [1.29, 1.82) is 0 Å². The van der Waals surface area contributed by atoms with Gasteiger partial charge in [-0.15, -0.1) is 11.6 Å². The van der Waals surface area contributed by atoms with Crippen LogP contribution in [0.3, 0.4) is 0 Å². The van der Waals surface area contributed by atoms with Crippen LogP contribution >= 0.6 is 11.6 Å². The molecule has 0 heterocycles. The maximum Gasteiger partial charge on any atom is 0.122 e. The van der Waals surface area contributed by atoms with E-state index < -0.39 is 0 Å². The molecule has 0 spiro atoms. The predicted octanol–water partition coefficient (Wildman–Crippen LogP) is 3.65. The molecular formula is C13H17ClO. The molecule has 0 bridgehead atoms. The average Bonchev–Trinajstić information content (AvgIpc) is 2.24. The number of hydrogen-bond acceptors (Lipinski definition) is 1. The highest BCUT2D eigenvalue weighted by Gasteiger charge is 2.36. The van der Waals surface area contributed by atoms with E-state index in [1.54, 1.807) is 7.11 Å². The summed E-state index contributed by atoms with van der Waals surface area (Å²) in [6, 6.07) is 8.25. The van der Waals surface area contributed by atoms with E-state index in [1.165, 1.54) is 24.8 Å². The van der Waals surface area contributed by atoms with Gasteiger partial charge in [0.1, 0.15) is 5.75 Å². The van der Waals surface area contributed by atoms with Crippen LogP contribution < -0.4 is 4.74 Å². The molecule has 1 fully saturated rings. The molecule has 0 unspecified atom stereocenters. The Kier molecular flexibility index (Phi) is 3.20. The zero-order valence-electron chi connectivity index (χ0n) is 9.13. The number of para-hydroxylation sites is 1. The van der Waals surface area contributed by atoms with Crippen LogP contribution in [0.4, 0.5) is 0 Å². The van der Waals surface area contributed by atoms with Gasteiger partial charge in [-0.1, -0.05) is 24.6 Å². The lowest BCUT2D eigenvalue weighted by molar-refractivity contribution is 0.164. The minimum absolute atomic E-state index is 0.343. The maximum atomic E-state index is 6.06. The van der Waals surface area contributed by atoms with Gasteiger partial charge in [0.2, 0.25) is 0 Å². The van der Waals surface area contributed by atoms with Gasteiger partial charge >= 0.3 is 0 Å². The first-order valence-electron chi connectivity index (χ1n) is 5.47. The van der Waals surface area contributed by atoms with Crippen LogP contribution in [-0.2, 0) is 6.42 Å². The monoisotopic (exact) mass is 224 g/mol. The largest absolute Gasteiger partial charge is 0.496 e. The molecule has 1 aliphatic rings. The number of hydrogen-bond donors (Lipinski definition) is 0. The van der Waals surface area contributed by atoms with Crippen LogP contribution in [-0.4, -0.2) is 13.0 Å². The van der Waals surface area contributed by atoms with Crippen molar-refractivity contribution in [2.75, 3.05) is 13.0 Å². The summed E-state index contributed by atoms with van der Waals surface area (Å²) >= 11 is 6.06. The molecule has 1 aliphatic carbocycles. The second-order valence-electron chi connectivity index (χ2n) is 4.48. The molecule has 1 nitrogen and oxygen atoms in total. The molecule has 2 heteroatoms. The molecule has 1 saturated carbocycles. The smallest absolute Gasteiger partial charge is 0.122 e. The fourth-order valence-electron chi connectivity index (χ4n) is 2.29. The van der Waals surface area contributed by atoms with E-state index in [4.69, 9.17) is 16.3 Å². The lowest BCUT2D eigenvalue weighted by Gasteiger charge is -2.40. The van der Waals surface area contributed by atoms with Gasteiger partial charge in [-0.05, 0) is 36.3 Å². The molecule has 0 aromatic heterocycles. The SMILES string of the molecule is COc1ccccc1CC1(CCl)CCC1. The van der Waals surface area contributed by atoms with E-state index >= 15 is 0 Å². The number of ether oxygens (including phenoxy) is 1. The lowest BCUT2D eigenvalue weighted by atomic mass is 9.67. The van der Waals surface area contributed by atoms with Crippen LogP contribution in [0.2, 0.25) is 0 Å². The van der Waals surface area contributed by atoms with Crippen LogP contribution in [0.1, 0.15) is 24.8 Å². The number of rotatable bonds is 4. The summed E-state index contributed by atoms with van der Waals surface area (Å²) in [7, 11) is 1.73. The highest BCUT2D eigenvalue weighted by atomic mass is 35.5. The third kappa shape index (κ3) is 2.12. The zero-order chi connectivity index (χ0) is 10.7. The van der Waals surface area contributed by atoms with E-state index in [-0.39, 0.29) is 0 Å². The highest BCUT2D eigenvalue weighted by Crippen LogP contribution is 2.45. The van der Waals surface area contributed by atoms with E-state index in [2.05, 4.69) is 12.1 Å². The van der Waals surface area contributed by atoms with E-state index in [0.29, 0.717) is 5.41 Å². The highest BCUT2D eigenvalue weighted by molar-refractivity contribution is 6.18. The van der Waals surface area contributed by atoms with Crippen molar-refractivity contribution in [3.05, 3.63) is 29.8 Å². The zero-order valence-corrected chi connectivity index (χ0v) is 9.89. The normalized spacial score (nSPS) is 18.3. The Morgan fingerprint density at radius 1 is 1.33 bits per heavy atom. The molecule has 1 aromatic carbocycles. The summed E-state index contributed by atoms with van der Waals surface area (Å²) in [5.41, 5.74) is 1.64. The van der Waals surface area contributed by atoms with Gasteiger partial charge in [0, 0.05) is 5.88 Å². The topological polar surface area (TPSA) is 9.23 Å². The number of methoxy groups -OCH3 is 1. The van der Waals surface area contributed by atoms with Crippen molar-refractivity contribution < 1.29 is 4.74 Å². The first kappa shape index (κ1) is 10.8. The summed E-state index contributed by atoms with van der Waals surface area (Å²) in [4.78, 5) is 0. The number of alkyl halides is 1. The Morgan fingerprint density at radius 3 is 2.60 bits per heavy atom. The van der Waals surface area contributed by atoms with Crippen molar-refractivity contribution in [3.63, 3.8) is 0 Å². The maximum absolute atomic E-state index is 6.06. The molecule has 15 heavy (non-hydrogen) atoms. The lowest BCUT2D eigenvalue weighted by Crippen LogP contribution is -2.33. The Balaban J connectivity index is 2.15. The molecule has 0 atom stereocenters. The Morgan fingerprint density at radius 2 is 2.07 bits per heavy atom. The Labute approximate surface area is 96.4 Å². The van der Waals surface area contributed by atoms with Gasteiger partial charge < -0.3 is 4.74 Å². The van der Waals surface area contributed by atoms with Gasteiger partial charge in [0.05, 0.1) is 7.11 Å². The fraction of sp³-hybridized carbons (Fsp3) is 0.538. The first-order chi connectivity index (χ1) is 7.29. The van der Waals surface area contributed by atoms with Gasteiger partial charge in [0.25, 0.3) is 0 Å². The predicted molar refractivity (Wildman–Crippen MR) is 63.7 cm³/mol. The van der Waals surface area contributed by atoms with Gasteiger partial charge in [0.15, 0.2) is 0 Å². The van der Waals surface area contributed by atoms with Gasteiger partial charge in [-0.3, -0.25) is 0 Å². The molecule has 1 aromatic rings. The van der Waals surface area contributed by atoms with E-state index in [9.17, 15) is 0 Å². The number of halogens is 1. The van der Waals surface area contributed by atoms with Gasteiger partial charge in [-0.25, -0.2) is 0 Å². The first-order valence-corrected chi connectivity index (χ1v) is 6.01. The van der Waals surface area contributed by atoms with E-state index in [0.717, 1.165) is 18.1 Å². The summed E-state index contributed by atoms with van der Waals surface area (Å²) in [5, 5.41) is 0. The molecule has 0 aliphatic heterocycles. The van der Waals surface area contributed by atoms with Crippen LogP contribution in [0.15, 0.2) is 24.3 Å². The Hall–Kier alpha value is -0.690. The summed E-state index contributed by atoms with van der Waals surface area (Å²) in [6.07, 6.45) is 4.89. The molecule has 0 saturated heterocycles. The van der Waals surface area contributed by atoms with Crippen LogP contribution in [0.5, 0.6) is 5.75 Å². The van der Waals surface area contributed by atoms with Crippen molar-refractivity contribution in [2.45, 2.75) is 25.7 Å². The standard InChI is InChI=1S/C13H17ClO/c1-15-12-6-3-2-5-11(12)9-13(10-14)7-4-8-13/h2-3,5-6H,4,7-10H2,1H3. The molecule has 0 N–H and O–H groups in total. The van der Waals surface area contributed by atoms with E-state index in [1.807, 2.05) is 12.1 Å². The minimum Gasteiger partial charge on any atom is -0.496 e. The molecule has 2 rings (SSSR count). The number of benzene rings is 1. The molecule has 0 amide bonds. The van der Waals surface area contributed by atoms with Crippen molar-refractivity contribution in [1.82, 2.24) is 0 Å². The molecule has 0 radical (unpaired) electrons. The van der Waals surface area contributed by atoms with Crippen LogP contribution in [0.25, 0.3) is 0 Å². The second kappa shape index (κ2) is 4.44. The molecular weight excluding hydrogens is 208 g/mol. The minimum atomic E-state index is 0.343. The quantitative estimate of drug-likeness (QED) is 0.710. The summed E-state index contributed by atoms with van der Waals surface area (Å²) in [6.45, 7) is 0. The third-order valence-corrected chi connectivity index (χ3v) is 4.02. The summed E-state index contributed by atoms with van der Waals surface area (Å²) < 4.78 is 5.36. The van der Waals surface area contributed by atoms with Crippen molar-refractivity contribution in [2.24, 2.45) is 5.41 Å². The average molecular weight is 225 g/mol. The van der Waals surface area contributed by atoms with Crippen LogP contribution in [0, 0.1) is 5.41 Å².